The van der Waals surface area contributed by atoms with Crippen LogP contribution in [0.25, 0.3) is 0 Å². The maximum Gasteiger partial charge on any atom is 0.501 e. The summed E-state index contributed by atoms with van der Waals surface area (Å²) in [6, 6.07) is 4.54. The first-order valence-corrected chi connectivity index (χ1v) is 10.1. The Balaban J connectivity index is 1.82. The van der Waals surface area contributed by atoms with Gasteiger partial charge in [0.05, 0.1) is 10.6 Å². The van der Waals surface area contributed by atoms with Gasteiger partial charge >= 0.3 is 11.5 Å². The second kappa shape index (κ2) is 6.49. The van der Waals surface area contributed by atoms with Crippen LogP contribution < -0.4 is 10.2 Å². The number of alkyl halides is 4. The minimum absolute atomic E-state index is 0.0249. The van der Waals surface area contributed by atoms with Gasteiger partial charge in [-0.25, -0.2) is 22.5 Å². The average molecular weight is 443 g/mol. The molecule has 0 bridgehead atoms. The normalized spacial score (nSPS) is 23.7. The molecule has 7 nitrogen and oxygen atoms in total. The standard InChI is InChI=1S/C18H13F4N3O4S/c19-14-9-17(14)15(26)25(16(27)24-17)13-2-1-12(30(28,29)18(20,21)22)8-11(13)7-10-3-5-23-6-4-10/h1-6,8,14H,7,9H2,(H,24,27). The molecule has 2 aliphatic rings. The molecule has 1 aromatic heterocycles. The van der Waals surface area contributed by atoms with Gasteiger partial charge in [-0.15, -0.1) is 0 Å². The lowest BCUT2D eigenvalue weighted by atomic mass is 10.0. The van der Waals surface area contributed by atoms with E-state index in [9.17, 15) is 35.6 Å². The molecule has 30 heavy (non-hydrogen) atoms. The average Bonchev–Trinajstić information content (AvgIpc) is 3.25. The first-order chi connectivity index (χ1) is 14.0. The van der Waals surface area contributed by atoms with Crippen LogP contribution >= 0.6 is 0 Å². The Kier molecular flexibility index (Phi) is 4.38. The van der Waals surface area contributed by atoms with Crippen molar-refractivity contribution in [1.82, 2.24) is 10.3 Å². The summed E-state index contributed by atoms with van der Waals surface area (Å²) in [5.74, 6) is -0.873. The fourth-order valence-corrected chi connectivity index (χ4v) is 4.14. The molecular weight excluding hydrogens is 430 g/mol. The Morgan fingerprint density at radius 3 is 2.33 bits per heavy atom. The molecule has 1 spiro atoms. The Hall–Kier alpha value is -3.02. The van der Waals surface area contributed by atoms with Gasteiger partial charge in [-0.05, 0) is 47.9 Å². The van der Waals surface area contributed by atoms with Crippen molar-refractivity contribution in [2.45, 2.75) is 35.0 Å². The third-order valence-electron chi connectivity index (χ3n) is 5.04. The summed E-state index contributed by atoms with van der Waals surface area (Å²) in [7, 11) is -5.65. The SMILES string of the molecule is O=C1NC2(CC2F)C(=O)N1c1ccc(S(=O)(=O)C(F)(F)F)cc1Cc1ccncc1. The van der Waals surface area contributed by atoms with Crippen molar-refractivity contribution in [3.05, 3.63) is 53.9 Å². The van der Waals surface area contributed by atoms with Crippen LogP contribution in [0.15, 0.2) is 47.6 Å². The Morgan fingerprint density at radius 1 is 1.17 bits per heavy atom. The van der Waals surface area contributed by atoms with Gasteiger partial charge in [0.2, 0.25) is 0 Å². The maximum absolute atomic E-state index is 13.7. The summed E-state index contributed by atoms with van der Waals surface area (Å²) < 4.78 is 76.3. The van der Waals surface area contributed by atoms with Crippen LogP contribution in [0.3, 0.4) is 0 Å². The highest BCUT2D eigenvalue weighted by Crippen LogP contribution is 2.46. The molecule has 4 rings (SSSR count). The number of benzene rings is 1. The van der Waals surface area contributed by atoms with Crippen LogP contribution in [0.4, 0.5) is 28.0 Å². The van der Waals surface area contributed by atoms with E-state index >= 15 is 0 Å². The number of rotatable bonds is 4. The number of nitrogens with zero attached hydrogens (tertiary/aromatic N) is 2. The minimum Gasteiger partial charge on any atom is -0.320 e. The fraction of sp³-hybridized carbons (Fsp3) is 0.278. The van der Waals surface area contributed by atoms with E-state index in [2.05, 4.69) is 10.3 Å². The third-order valence-corrected chi connectivity index (χ3v) is 6.53. The predicted octanol–water partition coefficient (Wildman–Crippen LogP) is 2.50. The van der Waals surface area contributed by atoms with E-state index in [1.807, 2.05) is 0 Å². The largest absolute Gasteiger partial charge is 0.501 e. The number of carbonyl (C=O) groups is 2. The zero-order chi connectivity index (χ0) is 21.9. The molecule has 1 N–H and O–H groups in total. The van der Waals surface area contributed by atoms with E-state index < -0.39 is 43.9 Å². The van der Waals surface area contributed by atoms with Crippen LogP contribution in [0, 0.1) is 0 Å². The van der Waals surface area contributed by atoms with Crippen molar-refractivity contribution in [1.29, 1.82) is 0 Å². The number of imide groups is 1. The zero-order valence-corrected chi connectivity index (χ0v) is 15.8. The Labute approximate surface area is 167 Å². The van der Waals surface area contributed by atoms with Gasteiger partial charge < -0.3 is 5.32 Å². The zero-order valence-electron chi connectivity index (χ0n) is 15.0. The molecule has 158 valence electrons. The quantitative estimate of drug-likeness (QED) is 0.579. The minimum atomic E-state index is -5.65. The maximum atomic E-state index is 13.7. The van der Waals surface area contributed by atoms with Gasteiger partial charge in [0.15, 0.2) is 5.54 Å². The number of sulfone groups is 1. The molecule has 2 heterocycles. The fourth-order valence-electron chi connectivity index (χ4n) is 3.33. The van der Waals surface area contributed by atoms with Crippen molar-refractivity contribution in [3.8, 4) is 0 Å². The molecule has 1 aliphatic heterocycles. The van der Waals surface area contributed by atoms with Gasteiger partial charge in [0, 0.05) is 18.8 Å². The van der Waals surface area contributed by atoms with Gasteiger partial charge in [0.1, 0.15) is 6.17 Å². The number of anilines is 1. The number of hydrogen-bond acceptors (Lipinski definition) is 5. The number of nitrogens with one attached hydrogen (secondary N) is 1. The molecule has 1 saturated heterocycles. The number of urea groups is 1. The topological polar surface area (TPSA) is 96.4 Å². The van der Waals surface area contributed by atoms with Crippen LogP contribution in [0.5, 0.6) is 0 Å². The van der Waals surface area contributed by atoms with Crippen LogP contribution in [-0.2, 0) is 21.1 Å². The molecular formula is C18H13F4N3O4S. The van der Waals surface area contributed by atoms with E-state index in [0.717, 1.165) is 12.1 Å². The van der Waals surface area contributed by atoms with Gasteiger partial charge in [-0.2, -0.15) is 13.2 Å². The Bertz CT molecular complexity index is 1150. The summed E-state index contributed by atoms with van der Waals surface area (Å²) in [6.07, 6.45) is 0.987. The van der Waals surface area contributed by atoms with E-state index in [4.69, 9.17) is 0 Å². The van der Waals surface area contributed by atoms with Crippen molar-refractivity contribution >= 4 is 27.5 Å². The van der Waals surface area contributed by atoms with E-state index in [0.29, 0.717) is 16.5 Å². The Morgan fingerprint density at radius 2 is 1.80 bits per heavy atom. The third kappa shape index (κ3) is 3.02. The highest BCUT2D eigenvalue weighted by Gasteiger charge is 2.69. The van der Waals surface area contributed by atoms with Crippen molar-refractivity contribution in [2.24, 2.45) is 0 Å². The lowest BCUT2D eigenvalue weighted by Crippen LogP contribution is -2.35. The van der Waals surface area contributed by atoms with E-state index in [-0.39, 0.29) is 24.1 Å². The summed E-state index contributed by atoms with van der Waals surface area (Å²) in [5.41, 5.74) is -6.79. The van der Waals surface area contributed by atoms with Crippen molar-refractivity contribution < 1.29 is 35.6 Å². The van der Waals surface area contributed by atoms with Gasteiger partial charge in [0.25, 0.3) is 15.7 Å². The van der Waals surface area contributed by atoms with Gasteiger partial charge in [-0.1, -0.05) is 0 Å². The smallest absolute Gasteiger partial charge is 0.320 e. The summed E-state index contributed by atoms with van der Waals surface area (Å²) >= 11 is 0. The molecule has 1 saturated carbocycles. The second-order valence-electron chi connectivity index (χ2n) is 6.99. The molecule has 2 unspecified atom stereocenters. The molecule has 1 aliphatic carbocycles. The number of hydrogen-bond donors (Lipinski definition) is 1. The van der Waals surface area contributed by atoms with Crippen LogP contribution in [-0.4, -0.2) is 42.6 Å². The van der Waals surface area contributed by atoms with Crippen LogP contribution in [0.2, 0.25) is 0 Å². The first-order valence-electron chi connectivity index (χ1n) is 8.61. The molecule has 2 aromatic rings. The number of pyridine rings is 1. The van der Waals surface area contributed by atoms with Crippen molar-refractivity contribution in [2.75, 3.05) is 4.90 Å². The second-order valence-corrected chi connectivity index (χ2v) is 8.93. The number of carbonyl (C=O) groups excluding carboxylic acids is 2. The molecule has 1 aromatic carbocycles. The molecule has 3 amide bonds. The predicted molar refractivity (Wildman–Crippen MR) is 95.0 cm³/mol. The number of amides is 3. The van der Waals surface area contributed by atoms with Crippen molar-refractivity contribution in [3.63, 3.8) is 0 Å². The monoisotopic (exact) mass is 443 g/mol. The molecule has 12 heteroatoms. The summed E-state index contributed by atoms with van der Waals surface area (Å²) in [6.45, 7) is 0. The highest BCUT2D eigenvalue weighted by atomic mass is 32.2. The summed E-state index contributed by atoms with van der Waals surface area (Å²) in [5, 5.41) is 2.27. The number of halogens is 4. The molecule has 2 fully saturated rings. The summed E-state index contributed by atoms with van der Waals surface area (Å²) in [4.78, 5) is 28.4. The first kappa shape index (κ1) is 20.3. The van der Waals surface area contributed by atoms with Crippen LogP contribution in [0.1, 0.15) is 17.5 Å². The van der Waals surface area contributed by atoms with Gasteiger partial charge in [-0.3, -0.25) is 9.78 Å². The lowest BCUT2D eigenvalue weighted by Gasteiger charge is -2.19. The van der Waals surface area contributed by atoms with E-state index in [1.54, 1.807) is 12.1 Å². The highest BCUT2D eigenvalue weighted by molar-refractivity contribution is 7.92. The van der Waals surface area contributed by atoms with E-state index in [1.165, 1.54) is 12.4 Å². The molecule has 2 atom stereocenters. The number of aromatic nitrogens is 1. The molecule has 0 radical (unpaired) electrons. The lowest BCUT2D eigenvalue weighted by molar-refractivity contribution is -0.119.